The lowest BCUT2D eigenvalue weighted by atomic mass is 9.95. The molecule has 0 radical (unpaired) electrons. The van der Waals surface area contributed by atoms with Crippen LogP contribution in [0.3, 0.4) is 0 Å². The summed E-state index contributed by atoms with van der Waals surface area (Å²) < 4.78 is 6.35. The summed E-state index contributed by atoms with van der Waals surface area (Å²) in [4.78, 5) is 24.9. The van der Waals surface area contributed by atoms with Gasteiger partial charge in [-0.05, 0) is 71.6 Å². The second kappa shape index (κ2) is 10.1. The van der Waals surface area contributed by atoms with Gasteiger partial charge in [0.15, 0.2) is 6.61 Å². The maximum absolute atomic E-state index is 12.6. The van der Waals surface area contributed by atoms with Crippen LogP contribution in [0.5, 0.6) is 5.75 Å². The molecule has 0 atom stereocenters. The number of amides is 2. The summed E-state index contributed by atoms with van der Waals surface area (Å²) >= 11 is 9.64. The van der Waals surface area contributed by atoms with E-state index in [0.29, 0.717) is 22.0 Å². The molecule has 1 aliphatic rings. The van der Waals surface area contributed by atoms with Gasteiger partial charge in [0.25, 0.3) is 11.8 Å². The van der Waals surface area contributed by atoms with Gasteiger partial charge >= 0.3 is 0 Å². The molecule has 1 fully saturated rings. The number of aryl methyl sites for hydroxylation is 1. The van der Waals surface area contributed by atoms with Crippen LogP contribution in [0.1, 0.15) is 48.0 Å². The fraction of sp³-hybridized carbons (Fsp3) is 0.364. The van der Waals surface area contributed by atoms with Crippen molar-refractivity contribution in [3.05, 3.63) is 57.0 Å². The number of nitrogens with one attached hydrogen (secondary N) is 2. The number of hydrogen-bond acceptors (Lipinski definition) is 3. The smallest absolute Gasteiger partial charge is 0.262 e. The number of carbonyl (C=O) groups excluding carboxylic acids is 2. The first-order valence-corrected chi connectivity index (χ1v) is 10.9. The summed E-state index contributed by atoms with van der Waals surface area (Å²) in [5, 5.41) is 6.16. The lowest BCUT2D eigenvalue weighted by molar-refractivity contribution is -0.118. The number of halogens is 2. The van der Waals surface area contributed by atoms with E-state index < -0.39 is 0 Å². The molecule has 2 aromatic rings. The molecule has 7 heteroatoms. The minimum Gasteiger partial charge on any atom is -0.483 e. The van der Waals surface area contributed by atoms with Gasteiger partial charge in [-0.1, -0.05) is 36.9 Å². The Labute approximate surface area is 184 Å². The van der Waals surface area contributed by atoms with Crippen LogP contribution in [0.2, 0.25) is 5.02 Å². The maximum atomic E-state index is 12.6. The van der Waals surface area contributed by atoms with E-state index in [1.54, 1.807) is 18.2 Å². The van der Waals surface area contributed by atoms with E-state index >= 15 is 0 Å². The van der Waals surface area contributed by atoms with Gasteiger partial charge in [-0.25, -0.2) is 0 Å². The van der Waals surface area contributed by atoms with Gasteiger partial charge < -0.3 is 15.4 Å². The van der Waals surface area contributed by atoms with Crippen molar-refractivity contribution < 1.29 is 14.3 Å². The zero-order valence-electron chi connectivity index (χ0n) is 16.3. The van der Waals surface area contributed by atoms with Gasteiger partial charge in [-0.3, -0.25) is 9.59 Å². The molecule has 5 nitrogen and oxygen atoms in total. The Balaban J connectivity index is 1.59. The summed E-state index contributed by atoms with van der Waals surface area (Å²) in [5.74, 6) is 0.0608. The lowest BCUT2D eigenvalue weighted by Gasteiger charge is -2.23. The molecule has 1 aliphatic carbocycles. The fourth-order valence-corrected chi connectivity index (χ4v) is 4.16. The third kappa shape index (κ3) is 6.21. The molecule has 154 valence electrons. The van der Waals surface area contributed by atoms with E-state index in [2.05, 4.69) is 26.6 Å². The SMILES string of the molecule is Cc1ccc(OCC(=O)Nc2ccc(Cl)c(C(=O)NC3CCCCC3)c2)c(Br)c1. The van der Waals surface area contributed by atoms with Crippen LogP contribution in [0.4, 0.5) is 5.69 Å². The molecular formula is C22H24BrClN2O3. The third-order valence-electron chi connectivity index (χ3n) is 4.88. The van der Waals surface area contributed by atoms with E-state index in [1.165, 1.54) is 6.42 Å². The highest BCUT2D eigenvalue weighted by Gasteiger charge is 2.19. The first-order valence-electron chi connectivity index (χ1n) is 9.71. The quantitative estimate of drug-likeness (QED) is 0.575. The van der Waals surface area contributed by atoms with Crippen LogP contribution in [-0.2, 0) is 4.79 Å². The third-order valence-corrected chi connectivity index (χ3v) is 5.83. The molecule has 2 N–H and O–H groups in total. The van der Waals surface area contributed by atoms with Crippen molar-refractivity contribution in [3.8, 4) is 5.75 Å². The average molecular weight is 480 g/mol. The minimum absolute atomic E-state index is 0.145. The fourth-order valence-electron chi connectivity index (χ4n) is 3.35. The number of hydrogen-bond donors (Lipinski definition) is 2. The van der Waals surface area contributed by atoms with Crippen molar-refractivity contribution in [3.63, 3.8) is 0 Å². The van der Waals surface area contributed by atoms with Crippen LogP contribution >= 0.6 is 27.5 Å². The zero-order valence-corrected chi connectivity index (χ0v) is 18.6. The van der Waals surface area contributed by atoms with E-state index in [-0.39, 0.29) is 24.5 Å². The number of anilines is 1. The molecule has 1 saturated carbocycles. The Hall–Kier alpha value is -2.05. The van der Waals surface area contributed by atoms with E-state index in [1.807, 2.05) is 25.1 Å². The van der Waals surface area contributed by atoms with Crippen molar-refractivity contribution in [2.75, 3.05) is 11.9 Å². The van der Waals surface area contributed by atoms with Crippen molar-refractivity contribution in [1.29, 1.82) is 0 Å². The van der Waals surface area contributed by atoms with Crippen molar-refractivity contribution in [2.45, 2.75) is 45.1 Å². The van der Waals surface area contributed by atoms with Crippen LogP contribution < -0.4 is 15.4 Å². The van der Waals surface area contributed by atoms with Gasteiger partial charge in [0.1, 0.15) is 5.75 Å². The average Bonchev–Trinajstić information content (AvgIpc) is 2.69. The predicted octanol–water partition coefficient (Wildman–Crippen LogP) is 5.49. The van der Waals surface area contributed by atoms with E-state index in [0.717, 1.165) is 35.7 Å². The normalized spacial score (nSPS) is 14.3. The molecule has 0 unspecified atom stereocenters. The van der Waals surface area contributed by atoms with Crippen molar-refractivity contribution in [2.24, 2.45) is 0 Å². The summed E-state index contributed by atoms with van der Waals surface area (Å²) in [6.07, 6.45) is 5.46. The standard InChI is InChI=1S/C22H24BrClN2O3/c1-14-7-10-20(18(23)11-14)29-13-21(27)25-16-8-9-19(24)17(12-16)22(28)26-15-5-3-2-4-6-15/h7-12,15H,2-6,13H2,1H3,(H,25,27)(H,26,28). The van der Waals surface area contributed by atoms with Crippen molar-refractivity contribution in [1.82, 2.24) is 5.32 Å². The Kier molecular flexibility index (Phi) is 7.56. The molecule has 0 bridgehead atoms. The highest BCUT2D eigenvalue weighted by atomic mass is 79.9. The molecule has 0 saturated heterocycles. The first-order chi connectivity index (χ1) is 13.9. The summed E-state index contributed by atoms with van der Waals surface area (Å²) in [5.41, 5.74) is 1.95. The first kappa shape index (κ1) is 21.7. The molecule has 0 spiro atoms. The van der Waals surface area contributed by atoms with Gasteiger partial charge in [-0.2, -0.15) is 0 Å². The van der Waals surface area contributed by atoms with Crippen LogP contribution in [0, 0.1) is 6.92 Å². The molecular weight excluding hydrogens is 456 g/mol. The molecule has 0 aromatic heterocycles. The van der Waals surface area contributed by atoms with Crippen molar-refractivity contribution >= 4 is 45.0 Å². The van der Waals surface area contributed by atoms with Gasteiger partial charge in [0.2, 0.25) is 0 Å². The van der Waals surface area contributed by atoms with E-state index in [4.69, 9.17) is 16.3 Å². The Morgan fingerprint density at radius 3 is 2.62 bits per heavy atom. The monoisotopic (exact) mass is 478 g/mol. The second-order valence-corrected chi connectivity index (χ2v) is 8.54. The minimum atomic E-state index is -0.321. The number of rotatable bonds is 6. The predicted molar refractivity (Wildman–Crippen MR) is 119 cm³/mol. The van der Waals surface area contributed by atoms with Crippen LogP contribution in [0.15, 0.2) is 40.9 Å². The molecule has 0 heterocycles. The molecule has 2 amide bonds. The van der Waals surface area contributed by atoms with E-state index in [9.17, 15) is 9.59 Å². The molecule has 3 rings (SSSR count). The zero-order chi connectivity index (χ0) is 20.8. The van der Waals surface area contributed by atoms with Gasteiger partial charge in [0.05, 0.1) is 15.1 Å². The molecule has 2 aromatic carbocycles. The molecule has 0 aliphatic heterocycles. The van der Waals surface area contributed by atoms with Crippen LogP contribution in [-0.4, -0.2) is 24.5 Å². The highest BCUT2D eigenvalue weighted by Crippen LogP contribution is 2.26. The van der Waals surface area contributed by atoms with Crippen LogP contribution in [0.25, 0.3) is 0 Å². The highest BCUT2D eigenvalue weighted by molar-refractivity contribution is 9.10. The summed E-state index contributed by atoms with van der Waals surface area (Å²) in [7, 11) is 0. The Bertz CT molecular complexity index is 898. The number of benzene rings is 2. The van der Waals surface area contributed by atoms with Gasteiger partial charge in [-0.15, -0.1) is 0 Å². The van der Waals surface area contributed by atoms with Gasteiger partial charge in [0, 0.05) is 11.7 Å². The summed E-state index contributed by atoms with van der Waals surface area (Å²) in [6, 6.07) is 10.7. The maximum Gasteiger partial charge on any atom is 0.262 e. The molecule has 29 heavy (non-hydrogen) atoms. The summed E-state index contributed by atoms with van der Waals surface area (Å²) in [6.45, 7) is 1.83. The Morgan fingerprint density at radius 1 is 1.14 bits per heavy atom. The number of carbonyl (C=O) groups is 2. The largest absolute Gasteiger partial charge is 0.483 e. The lowest BCUT2D eigenvalue weighted by Crippen LogP contribution is -2.36. The topological polar surface area (TPSA) is 67.4 Å². The Morgan fingerprint density at radius 2 is 1.90 bits per heavy atom. The second-order valence-electron chi connectivity index (χ2n) is 7.27. The number of ether oxygens (including phenoxy) is 1.